The zero-order chi connectivity index (χ0) is 11.6. The smallest absolute Gasteiger partial charge is 0.0794 e. The molecule has 0 aliphatic carbocycles. The highest BCUT2D eigenvalue weighted by atomic mass is 32.1. The molecule has 1 aromatic rings. The Balaban J connectivity index is 2.32. The van der Waals surface area contributed by atoms with Gasteiger partial charge in [-0.1, -0.05) is 39.5 Å². The maximum Gasteiger partial charge on any atom is 0.0794 e. The normalized spacial score (nSPS) is 12.9. The van der Waals surface area contributed by atoms with Crippen molar-refractivity contribution in [2.24, 2.45) is 0 Å². The van der Waals surface area contributed by atoms with E-state index in [0.29, 0.717) is 6.04 Å². The summed E-state index contributed by atoms with van der Waals surface area (Å²) in [5.41, 5.74) is 1.93. The zero-order valence-electron chi connectivity index (χ0n) is 10.5. The van der Waals surface area contributed by atoms with Crippen molar-refractivity contribution in [3.8, 4) is 0 Å². The van der Waals surface area contributed by atoms with Crippen LogP contribution in [0.4, 0.5) is 0 Å². The van der Waals surface area contributed by atoms with Gasteiger partial charge in [0, 0.05) is 17.1 Å². The van der Waals surface area contributed by atoms with E-state index in [2.05, 4.69) is 24.1 Å². The van der Waals surface area contributed by atoms with E-state index in [-0.39, 0.29) is 0 Å². The van der Waals surface area contributed by atoms with Gasteiger partial charge in [0.25, 0.3) is 0 Å². The van der Waals surface area contributed by atoms with Gasteiger partial charge in [0.05, 0.1) is 5.51 Å². The molecule has 0 saturated carbocycles. The Hall–Kier alpha value is -0.410. The van der Waals surface area contributed by atoms with E-state index in [1.165, 1.54) is 43.4 Å². The van der Waals surface area contributed by atoms with Crippen molar-refractivity contribution >= 4 is 11.3 Å². The quantitative estimate of drug-likeness (QED) is 0.656. The van der Waals surface area contributed by atoms with Crippen LogP contribution in [0.2, 0.25) is 0 Å². The molecule has 0 bridgehead atoms. The summed E-state index contributed by atoms with van der Waals surface area (Å²) in [6.45, 7) is 5.58. The van der Waals surface area contributed by atoms with Crippen LogP contribution in [-0.2, 0) is 0 Å². The van der Waals surface area contributed by atoms with Gasteiger partial charge in [0.2, 0.25) is 0 Å². The number of hydrogen-bond acceptors (Lipinski definition) is 3. The fourth-order valence-electron chi connectivity index (χ4n) is 1.84. The van der Waals surface area contributed by atoms with Crippen LogP contribution in [-0.4, -0.2) is 11.5 Å². The summed E-state index contributed by atoms with van der Waals surface area (Å²) in [5.74, 6) is 0. The van der Waals surface area contributed by atoms with Crippen LogP contribution in [0.3, 0.4) is 0 Å². The lowest BCUT2D eigenvalue weighted by atomic mass is 10.1. The molecule has 1 heterocycles. The van der Waals surface area contributed by atoms with Gasteiger partial charge < -0.3 is 5.32 Å². The molecule has 0 aliphatic heterocycles. The van der Waals surface area contributed by atoms with Crippen molar-refractivity contribution in [2.45, 2.75) is 58.4 Å². The lowest BCUT2D eigenvalue weighted by Gasteiger charge is -2.16. The molecule has 0 fully saturated rings. The maximum absolute atomic E-state index is 4.17. The topological polar surface area (TPSA) is 24.9 Å². The molecule has 1 unspecified atom stereocenters. The van der Waals surface area contributed by atoms with Crippen LogP contribution in [0.1, 0.15) is 63.3 Å². The van der Waals surface area contributed by atoms with Gasteiger partial charge in [-0.25, -0.2) is 0 Å². The van der Waals surface area contributed by atoms with Crippen LogP contribution < -0.4 is 5.32 Å². The number of nitrogens with one attached hydrogen (secondary N) is 1. The highest BCUT2D eigenvalue weighted by molar-refractivity contribution is 7.09. The van der Waals surface area contributed by atoms with Gasteiger partial charge in [0.15, 0.2) is 0 Å². The monoisotopic (exact) mass is 240 g/mol. The predicted molar refractivity (Wildman–Crippen MR) is 71.9 cm³/mol. The van der Waals surface area contributed by atoms with Crippen LogP contribution in [0.5, 0.6) is 0 Å². The summed E-state index contributed by atoms with van der Waals surface area (Å²) < 4.78 is 0. The highest BCUT2D eigenvalue weighted by Crippen LogP contribution is 2.23. The fraction of sp³-hybridized carbons (Fsp3) is 0.769. The molecule has 2 nitrogen and oxygen atoms in total. The molecule has 0 saturated heterocycles. The van der Waals surface area contributed by atoms with Crippen LogP contribution >= 0.6 is 11.3 Å². The standard InChI is InChI=1S/C13H24N2S/c1-3-5-6-7-8-12(15-9-4-2)13-10-14-11-16-13/h10-12,15H,3-9H2,1-2H3. The van der Waals surface area contributed by atoms with Crippen molar-refractivity contribution in [2.75, 3.05) is 6.54 Å². The average molecular weight is 240 g/mol. The van der Waals surface area contributed by atoms with Crippen molar-refractivity contribution < 1.29 is 0 Å². The molecule has 16 heavy (non-hydrogen) atoms. The third-order valence-corrected chi connectivity index (χ3v) is 3.67. The summed E-state index contributed by atoms with van der Waals surface area (Å²) in [4.78, 5) is 5.57. The van der Waals surface area contributed by atoms with Crippen LogP contribution in [0, 0.1) is 0 Å². The van der Waals surface area contributed by atoms with E-state index in [1.807, 2.05) is 11.7 Å². The van der Waals surface area contributed by atoms with Gasteiger partial charge >= 0.3 is 0 Å². The van der Waals surface area contributed by atoms with Gasteiger partial charge in [0.1, 0.15) is 0 Å². The molecule has 3 heteroatoms. The third-order valence-electron chi connectivity index (χ3n) is 2.78. The maximum atomic E-state index is 4.17. The molecule has 0 aromatic carbocycles. The second-order valence-corrected chi connectivity index (χ2v) is 5.18. The van der Waals surface area contributed by atoms with E-state index in [9.17, 15) is 0 Å². The first-order valence-electron chi connectivity index (χ1n) is 6.50. The number of nitrogens with zero attached hydrogens (tertiary/aromatic N) is 1. The second-order valence-electron chi connectivity index (χ2n) is 4.26. The van der Waals surface area contributed by atoms with E-state index < -0.39 is 0 Å². The minimum Gasteiger partial charge on any atom is -0.309 e. The van der Waals surface area contributed by atoms with Crippen molar-refractivity contribution in [1.82, 2.24) is 10.3 Å². The highest BCUT2D eigenvalue weighted by Gasteiger charge is 2.11. The summed E-state index contributed by atoms with van der Waals surface area (Å²) in [6.07, 6.45) is 9.83. The fourth-order valence-corrected chi connectivity index (χ4v) is 2.57. The SMILES string of the molecule is CCCCCCC(NCCC)c1cncs1. The molecule has 0 spiro atoms. The molecular weight excluding hydrogens is 216 g/mol. The lowest BCUT2D eigenvalue weighted by molar-refractivity contribution is 0.475. The number of unbranched alkanes of at least 4 members (excludes halogenated alkanes) is 3. The van der Waals surface area contributed by atoms with E-state index in [4.69, 9.17) is 0 Å². The zero-order valence-corrected chi connectivity index (χ0v) is 11.4. The summed E-state index contributed by atoms with van der Waals surface area (Å²) in [7, 11) is 0. The molecule has 1 atom stereocenters. The molecular formula is C13H24N2S. The predicted octanol–water partition coefficient (Wildman–Crippen LogP) is 4.15. The second kappa shape index (κ2) is 8.71. The van der Waals surface area contributed by atoms with Crippen molar-refractivity contribution in [1.29, 1.82) is 0 Å². The third kappa shape index (κ3) is 5.08. The Morgan fingerprint density at radius 1 is 1.25 bits per heavy atom. The Kier molecular flexibility index (Phi) is 7.43. The number of aromatic nitrogens is 1. The van der Waals surface area contributed by atoms with Gasteiger partial charge in [-0.05, 0) is 19.4 Å². The average Bonchev–Trinajstić information content (AvgIpc) is 2.82. The molecule has 1 rings (SSSR count). The molecule has 1 N–H and O–H groups in total. The molecule has 0 aliphatic rings. The summed E-state index contributed by atoms with van der Waals surface area (Å²) in [5, 5.41) is 3.62. The number of rotatable bonds is 9. The Morgan fingerprint density at radius 3 is 2.75 bits per heavy atom. The van der Waals surface area contributed by atoms with Crippen molar-refractivity contribution in [3.63, 3.8) is 0 Å². The summed E-state index contributed by atoms with van der Waals surface area (Å²) >= 11 is 1.77. The summed E-state index contributed by atoms with van der Waals surface area (Å²) in [6, 6.07) is 0.532. The minimum atomic E-state index is 0.532. The van der Waals surface area contributed by atoms with Crippen molar-refractivity contribution in [3.05, 3.63) is 16.6 Å². The minimum absolute atomic E-state index is 0.532. The largest absolute Gasteiger partial charge is 0.309 e. The lowest BCUT2D eigenvalue weighted by Crippen LogP contribution is -2.21. The number of thiazole rings is 1. The molecule has 1 aromatic heterocycles. The number of hydrogen-bond donors (Lipinski definition) is 1. The first kappa shape index (κ1) is 13.7. The Bertz CT molecular complexity index is 246. The molecule has 0 radical (unpaired) electrons. The van der Waals surface area contributed by atoms with Crippen LogP contribution in [0.25, 0.3) is 0 Å². The Labute approximate surface area is 103 Å². The van der Waals surface area contributed by atoms with E-state index in [0.717, 1.165) is 6.54 Å². The van der Waals surface area contributed by atoms with Gasteiger partial charge in [-0.2, -0.15) is 0 Å². The van der Waals surface area contributed by atoms with E-state index >= 15 is 0 Å². The molecule has 92 valence electrons. The Morgan fingerprint density at radius 2 is 2.12 bits per heavy atom. The van der Waals surface area contributed by atoms with Gasteiger partial charge in [-0.15, -0.1) is 11.3 Å². The van der Waals surface area contributed by atoms with Crippen LogP contribution in [0.15, 0.2) is 11.7 Å². The molecule has 0 amide bonds. The first-order chi connectivity index (χ1) is 7.88. The first-order valence-corrected chi connectivity index (χ1v) is 7.38. The van der Waals surface area contributed by atoms with Gasteiger partial charge in [-0.3, -0.25) is 4.98 Å². The van der Waals surface area contributed by atoms with E-state index in [1.54, 1.807) is 11.3 Å².